The van der Waals surface area contributed by atoms with E-state index >= 15 is 0 Å². The van der Waals surface area contributed by atoms with Crippen LogP contribution in [0, 0.1) is 10.8 Å². The van der Waals surface area contributed by atoms with E-state index in [2.05, 4.69) is 24.7 Å². The van der Waals surface area contributed by atoms with Gasteiger partial charge in [-0.25, -0.2) is 4.79 Å². The van der Waals surface area contributed by atoms with Crippen molar-refractivity contribution in [3.63, 3.8) is 0 Å². The van der Waals surface area contributed by atoms with Crippen LogP contribution in [0.1, 0.15) is 54.9 Å². The van der Waals surface area contributed by atoms with Crippen LogP contribution in [0.4, 0.5) is 0 Å². The summed E-state index contributed by atoms with van der Waals surface area (Å²) in [5.41, 5.74) is 3.53. The summed E-state index contributed by atoms with van der Waals surface area (Å²) >= 11 is 0. The third-order valence-corrected chi connectivity index (χ3v) is 4.75. The highest BCUT2D eigenvalue weighted by Crippen LogP contribution is 2.47. The van der Waals surface area contributed by atoms with Gasteiger partial charge in [-0.1, -0.05) is 63.6 Å². The van der Waals surface area contributed by atoms with E-state index in [1.165, 1.54) is 13.2 Å². The molecule has 0 saturated heterocycles. The van der Waals surface area contributed by atoms with Gasteiger partial charge >= 0.3 is 5.97 Å². The molecule has 0 fully saturated rings. The topological polar surface area (TPSA) is 43.4 Å². The Bertz CT molecular complexity index is 723. The van der Waals surface area contributed by atoms with E-state index in [9.17, 15) is 9.59 Å². The first kappa shape index (κ1) is 21.9. The molecule has 1 aliphatic rings. The van der Waals surface area contributed by atoms with Gasteiger partial charge in [0.25, 0.3) is 0 Å². The van der Waals surface area contributed by atoms with E-state index in [-0.39, 0.29) is 22.6 Å². The first-order valence-corrected chi connectivity index (χ1v) is 8.96. The zero-order valence-corrected chi connectivity index (χ0v) is 17.4. The van der Waals surface area contributed by atoms with Crippen LogP contribution in [0.5, 0.6) is 0 Å². The summed E-state index contributed by atoms with van der Waals surface area (Å²) in [5, 5.41) is 0. The van der Waals surface area contributed by atoms with E-state index < -0.39 is 0 Å². The predicted octanol–water partition coefficient (Wildman–Crippen LogP) is 5.51. The Balaban J connectivity index is 2.98. The molecule has 0 aliphatic heterocycles. The Kier molecular flexibility index (Phi) is 7.14. The Morgan fingerprint density at radius 2 is 1.65 bits per heavy atom. The fourth-order valence-electron chi connectivity index (χ4n) is 3.68. The second-order valence-corrected chi connectivity index (χ2v) is 8.33. The molecule has 0 heterocycles. The first-order chi connectivity index (χ1) is 11.9. The molecule has 0 atom stereocenters. The summed E-state index contributed by atoms with van der Waals surface area (Å²) in [6.07, 6.45) is 12.1. The molecule has 0 aromatic carbocycles. The van der Waals surface area contributed by atoms with Gasteiger partial charge in [0.1, 0.15) is 0 Å². The second kappa shape index (κ2) is 8.48. The van der Waals surface area contributed by atoms with Gasteiger partial charge in [0.2, 0.25) is 0 Å². The van der Waals surface area contributed by atoms with Crippen LogP contribution >= 0.6 is 0 Å². The van der Waals surface area contributed by atoms with Gasteiger partial charge in [-0.3, -0.25) is 4.79 Å². The van der Waals surface area contributed by atoms with Crippen molar-refractivity contribution in [2.75, 3.05) is 7.11 Å². The molecule has 0 radical (unpaired) electrons. The Morgan fingerprint density at radius 1 is 1.04 bits per heavy atom. The standard InChI is InChI=1S/C23H32O3/c1-16(10-9-11-17(2)14-20(24)26-8)12-13-19-18(3)21(25)23(6,7)15-22(19,4)5/h9-14H,15H2,1-8H3/b11-9+,13-12+,16-10+,17-14+. The molecule has 1 aliphatic carbocycles. The van der Waals surface area contributed by atoms with Crippen LogP contribution in [0.2, 0.25) is 0 Å². The lowest BCUT2D eigenvalue weighted by Crippen LogP contribution is -2.38. The summed E-state index contributed by atoms with van der Waals surface area (Å²) < 4.78 is 4.60. The zero-order valence-electron chi connectivity index (χ0n) is 17.4. The summed E-state index contributed by atoms with van der Waals surface area (Å²) in [6.45, 7) is 14.2. The van der Waals surface area contributed by atoms with Crippen molar-refractivity contribution in [2.24, 2.45) is 10.8 Å². The maximum Gasteiger partial charge on any atom is 0.330 e. The second-order valence-electron chi connectivity index (χ2n) is 8.33. The van der Waals surface area contributed by atoms with Gasteiger partial charge < -0.3 is 4.74 Å². The van der Waals surface area contributed by atoms with E-state index in [1.807, 2.05) is 58.9 Å². The summed E-state index contributed by atoms with van der Waals surface area (Å²) in [5.74, 6) is -0.121. The number of esters is 1. The Hall–Kier alpha value is -2.16. The summed E-state index contributed by atoms with van der Waals surface area (Å²) in [6, 6.07) is 0. The quantitative estimate of drug-likeness (QED) is 0.371. The van der Waals surface area contributed by atoms with Gasteiger partial charge in [-0.15, -0.1) is 0 Å². The first-order valence-electron chi connectivity index (χ1n) is 8.96. The number of ketones is 1. The van der Waals surface area contributed by atoms with Crippen molar-refractivity contribution in [2.45, 2.75) is 54.9 Å². The normalized spacial score (nSPS) is 21.0. The van der Waals surface area contributed by atoms with Gasteiger partial charge in [0.05, 0.1) is 7.11 Å². The van der Waals surface area contributed by atoms with Crippen LogP contribution in [0.15, 0.2) is 58.7 Å². The maximum atomic E-state index is 12.6. The molecule has 26 heavy (non-hydrogen) atoms. The van der Waals surface area contributed by atoms with Crippen molar-refractivity contribution in [3.05, 3.63) is 58.7 Å². The number of carbonyl (C=O) groups is 2. The molecule has 0 N–H and O–H groups in total. The third kappa shape index (κ3) is 5.69. The molecule has 0 saturated carbocycles. The van der Waals surface area contributed by atoms with Crippen LogP contribution in [0.3, 0.4) is 0 Å². The molecule has 0 aromatic rings. The summed E-state index contributed by atoms with van der Waals surface area (Å²) in [4.78, 5) is 23.8. The number of methoxy groups -OCH3 is 1. The average molecular weight is 357 g/mol. The fraction of sp³-hybridized carbons (Fsp3) is 0.478. The molecule has 142 valence electrons. The molecule has 0 unspecified atom stereocenters. The average Bonchev–Trinajstić information content (AvgIpc) is 2.51. The zero-order chi connectivity index (χ0) is 20.1. The number of hydrogen-bond acceptors (Lipinski definition) is 3. The number of rotatable bonds is 5. The predicted molar refractivity (Wildman–Crippen MR) is 108 cm³/mol. The molecule has 0 aromatic heterocycles. The number of allylic oxidation sites excluding steroid dienone is 9. The van der Waals surface area contributed by atoms with Gasteiger partial charge in [0, 0.05) is 11.5 Å². The molecule has 0 amide bonds. The minimum Gasteiger partial charge on any atom is -0.466 e. The number of carbonyl (C=O) groups excluding carboxylic acids is 2. The Labute approximate surface area is 158 Å². The molecular weight excluding hydrogens is 324 g/mol. The molecule has 1 rings (SSSR count). The minimum absolute atomic E-state index is 0.0338. The van der Waals surface area contributed by atoms with Crippen molar-refractivity contribution in [3.8, 4) is 0 Å². The van der Waals surface area contributed by atoms with Gasteiger partial charge in [-0.05, 0) is 49.3 Å². The fourth-order valence-corrected chi connectivity index (χ4v) is 3.68. The molecule has 0 spiro atoms. The lowest BCUT2D eigenvalue weighted by molar-refractivity contribution is -0.134. The summed E-state index contributed by atoms with van der Waals surface area (Å²) in [7, 11) is 1.36. The number of ether oxygens (including phenoxy) is 1. The van der Waals surface area contributed by atoms with E-state index in [0.29, 0.717) is 0 Å². The van der Waals surface area contributed by atoms with Crippen LogP contribution in [-0.2, 0) is 14.3 Å². The number of Topliss-reactive ketones (excluding diaryl/α,β-unsaturated/α-hetero) is 1. The van der Waals surface area contributed by atoms with Crippen LogP contribution in [-0.4, -0.2) is 18.9 Å². The van der Waals surface area contributed by atoms with Crippen LogP contribution in [0.25, 0.3) is 0 Å². The van der Waals surface area contributed by atoms with Crippen LogP contribution < -0.4 is 0 Å². The van der Waals surface area contributed by atoms with Crippen molar-refractivity contribution in [1.82, 2.24) is 0 Å². The lowest BCUT2D eigenvalue weighted by Gasteiger charge is -2.41. The minimum atomic E-state index is -0.359. The third-order valence-electron chi connectivity index (χ3n) is 4.75. The Morgan fingerprint density at radius 3 is 2.23 bits per heavy atom. The highest BCUT2D eigenvalue weighted by molar-refractivity contribution is 6.01. The highest BCUT2D eigenvalue weighted by atomic mass is 16.5. The van der Waals surface area contributed by atoms with Crippen molar-refractivity contribution in [1.29, 1.82) is 0 Å². The smallest absolute Gasteiger partial charge is 0.330 e. The van der Waals surface area contributed by atoms with E-state index in [4.69, 9.17) is 0 Å². The van der Waals surface area contributed by atoms with E-state index in [1.54, 1.807) is 0 Å². The maximum absolute atomic E-state index is 12.6. The lowest BCUT2D eigenvalue weighted by atomic mass is 9.62. The highest BCUT2D eigenvalue weighted by Gasteiger charge is 2.42. The molecule has 3 nitrogen and oxygen atoms in total. The molecular formula is C23H32O3. The number of hydrogen-bond donors (Lipinski definition) is 0. The monoisotopic (exact) mass is 356 g/mol. The molecule has 3 heteroatoms. The SMILES string of the molecule is COC(=O)/C=C(C)/C=C/C=C(C)/C=C/C1=C(C)C(=O)C(C)(C)CC1(C)C. The van der Waals surface area contributed by atoms with Gasteiger partial charge in [-0.2, -0.15) is 0 Å². The largest absolute Gasteiger partial charge is 0.466 e. The van der Waals surface area contributed by atoms with E-state index in [0.717, 1.165) is 28.7 Å². The molecule has 0 bridgehead atoms. The van der Waals surface area contributed by atoms with Crippen molar-refractivity contribution >= 4 is 11.8 Å². The van der Waals surface area contributed by atoms with Crippen molar-refractivity contribution < 1.29 is 14.3 Å². The van der Waals surface area contributed by atoms with Gasteiger partial charge in [0.15, 0.2) is 5.78 Å².